The minimum atomic E-state index is -4.37. The first-order valence-electron chi connectivity index (χ1n) is 8.64. The molecule has 1 amide bonds. The molecule has 0 saturated carbocycles. The normalized spacial score (nSPS) is 25.6. The fourth-order valence-electron chi connectivity index (χ4n) is 3.44. The third kappa shape index (κ3) is 4.30. The highest BCUT2D eigenvalue weighted by Gasteiger charge is 2.40. The van der Waals surface area contributed by atoms with Gasteiger partial charge in [0.25, 0.3) is 0 Å². The summed E-state index contributed by atoms with van der Waals surface area (Å²) < 4.78 is 39.0. The molecule has 1 aromatic rings. The third-order valence-corrected chi connectivity index (χ3v) is 6.25. The number of carbonyl (C=O) groups excluding carboxylic acids is 1. The molecule has 2 aliphatic rings. The van der Waals surface area contributed by atoms with Gasteiger partial charge in [0.2, 0.25) is 5.91 Å². The van der Waals surface area contributed by atoms with E-state index in [4.69, 9.17) is 0 Å². The Balaban J connectivity index is 1.75. The van der Waals surface area contributed by atoms with Gasteiger partial charge in [-0.1, -0.05) is 12.1 Å². The van der Waals surface area contributed by atoms with Crippen LogP contribution in [0.4, 0.5) is 13.2 Å². The maximum absolute atomic E-state index is 13.0. The van der Waals surface area contributed by atoms with Gasteiger partial charge in [0.05, 0.1) is 23.9 Å². The van der Waals surface area contributed by atoms with Crippen molar-refractivity contribution in [1.82, 2.24) is 4.90 Å². The highest BCUT2D eigenvalue weighted by molar-refractivity contribution is 8.01. The average molecular weight is 375 g/mol. The van der Waals surface area contributed by atoms with Crippen molar-refractivity contribution in [3.05, 3.63) is 35.4 Å². The van der Waals surface area contributed by atoms with Crippen LogP contribution in [0.15, 0.2) is 24.3 Å². The van der Waals surface area contributed by atoms with Crippen LogP contribution in [-0.4, -0.2) is 55.3 Å². The molecular weight excluding hydrogens is 351 g/mol. The number of nitrogens with zero attached hydrogens (tertiary/aromatic N) is 1. The molecule has 2 saturated heterocycles. The maximum atomic E-state index is 13.0. The molecular formula is C17H24F3N3OS+2. The molecule has 0 aromatic heterocycles. The number of carbonyl (C=O) groups is 1. The predicted octanol–water partition coefficient (Wildman–Crippen LogP) is 0.130. The second-order valence-electron chi connectivity index (χ2n) is 6.65. The van der Waals surface area contributed by atoms with Crippen molar-refractivity contribution in [1.29, 1.82) is 0 Å². The zero-order valence-corrected chi connectivity index (χ0v) is 15.0. The number of hydrogen-bond donors (Lipinski definition) is 2. The van der Waals surface area contributed by atoms with Gasteiger partial charge in [-0.25, -0.2) is 0 Å². The zero-order valence-electron chi connectivity index (χ0n) is 14.2. The van der Waals surface area contributed by atoms with Gasteiger partial charge in [-0.3, -0.25) is 4.79 Å². The molecule has 1 aromatic carbocycles. The van der Waals surface area contributed by atoms with Crippen LogP contribution in [0.1, 0.15) is 23.4 Å². The number of amides is 1. The van der Waals surface area contributed by atoms with E-state index >= 15 is 0 Å². The van der Waals surface area contributed by atoms with Gasteiger partial charge in [-0.15, -0.1) is 11.8 Å². The van der Waals surface area contributed by atoms with Crippen molar-refractivity contribution < 1.29 is 28.2 Å². The van der Waals surface area contributed by atoms with E-state index in [0.717, 1.165) is 38.8 Å². The average Bonchev–Trinajstić information content (AvgIpc) is 2.88. The lowest BCUT2D eigenvalue weighted by atomic mass is 10.1. The minimum Gasteiger partial charge on any atom is -0.337 e. The summed E-state index contributed by atoms with van der Waals surface area (Å²) in [5.41, 5.74) is -0.103. The van der Waals surface area contributed by atoms with Crippen molar-refractivity contribution in [3.63, 3.8) is 0 Å². The minimum absolute atomic E-state index is 0.0235. The van der Waals surface area contributed by atoms with Crippen molar-refractivity contribution in [3.8, 4) is 0 Å². The monoisotopic (exact) mass is 375 g/mol. The van der Waals surface area contributed by atoms with Crippen LogP contribution >= 0.6 is 11.8 Å². The molecule has 2 atom stereocenters. The number of nitrogens with two attached hydrogens (primary N) is 1. The molecule has 0 unspecified atom stereocenters. The number of thioether (sulfide) groups is 1. The van der Waals surface area contributed by atoms with E-state index in [0.29, 0.717) is 12.1 Å². The molecule has 0 bridgehead atoms. The van der Waals surface area contributed by atoms with Crippen molar-refractivity contribution in [2.24, 2.45) is 0 Å². The van der Waals surface area contributed by atoms with Crippen molar-refractivity contribution >= 4 is 17.7 Å². The third-order valence-electron chi connectivity index (χ3n) is 4.86. The Bertz CT molecular complexity index is 619. The Morgan fingerprint density at radius 1 is 1.32 bits per heavy atom. The fraction of sp³-hybridized carbons (Fsp3) is 0.588. The quantitative estimate of drug-likeness (QED) is 0.786. The Labute approximate surface area is 149 Å². The van der Waals surface area contributed by atoms with Crippen LogP contribution in [0.3, 0.4) is 0 Å². The standard InChI is InChI=1S/C17H22F3N3OS/c1-12-15(24)23(10-9-22-7-5-21-6-8-22)16(25-12)13-3-2-4-14(11-13)17(18,19)20/h2-4,11-12,16,21H,5-10H2,1H3/p+2/t12-,16-/m0/s1. The molecule has 3 rings (SSSR count). The highest BCUT2D eigenvalue weighted by Crippen LogP contribution is 2.43. The predicted molar refractivity (Wildman–Crippen MR) is 90.2 cm³/mol. The van der Waals surface area contributed by atoms with E-state index in [9.17, 15) is 18.0 Å². The van der Waals surface area contributed by atoms with E-state index in [1.165, 1.54) is 28.8 Å². The highest BCUT2D eigenvalue weighted by atomic mass is 32.2. The molecule has 0 spiro atoms. The van der Waals surface area contributed by atoms with Gasteiger partial charge in [0, 0.05) is 0 Å². The first kappa shape index (κ1) is 18.5. The number of quaternary nitrogens is 2. The number of halogens is 3. The summed E-state index contributed by atoms with van der Waals surface area (Å²) in [6.07, 6.45) is -4.37. The van der Waals surface area contributed by atoms with E-state index < -0.39 is 11.7 Å². The van der Waals surface area contributed by atoms with Gasteiger partial charge in [-0.2, -0.15) is 13.2 Å². The van der Waals surface area contributed by atoms with E-state index in [-0.39, 0.29) is 16.5 Å². The summed E-state index contributed by atoms with van der Waals surface area (Å²) >= 11 is 1.43. The number of nitrogens with one attached hydrogen (secondary N) is 1. The molecule has 138 valence electrons. The summed E-state index contributed by atoms with van der Waals surface area (Å²) in [6, 6.07) is 5.37. The fourth-order valence-corrected chi connectivity index (χ4v) is 4.74. The van der Waals surface area contributed by atoms with E-state index in [1.54, 1.807) is 11.0 Å². The molecule has 0 aliphatic carbocycles. The Kier molecular flexibility index (Phi) is 5.60. The van der Waals surface area contributed by atoms with E-state index in [2.05, 4.69) is 5.32 Å². The van der Waals surface area contributed by atoms with Crippen LogP contribution in [0.25, 0.3) is 0 Å². The molecule has 2 fully saturated rings. The first-order chi connectivity index (χ1) is 11.9. The number of rotatable bonds is 4. The summed E-state index contributed by atoms with van der Waals surface area (Å²) in [4.78, 5) is 15.7. The van der Waals surface area contributed by atoms with Crippen LogP contribution in [0.2, 0.25) is 0 Å². The Morgan fingerprint density at radius 3 is 2.72 bits per heavy atom. The lowest BCUT2D eigenvalue weighted by molar-refractivity contribution is -0.946. The zero-order chi connectivity index (χ0) is 18.0. The number of benzene rings is 1. The van der Waals surface area contributed by atoms with Crippen molar-refractivity contribution in [2.75, 3.05) is 39.3 Å². The summed E-state index contributed by atoms with van der Waals surface area (Å²) in [5, 5.41) is 1.73. The number of hydrogen-bond acceptors (Lipinski definition) is 2. The van der Waals surface area contributed by atoms with Gasteiger partial charge < -0.3 is 15.1 Å². The number of piperazine rings is 1. The number of alkyl halides is 3. The summed E-state index contributed by atoms with van der Waals surface area (Å²) in [6.45, 7) is 7.58. The van der Waals surface area contributed by atoms with Crippen molar-refractivity contribution in [2.45, 2.75) is 23.7 Å². The van der Waals surface area contributed by atoms with Crippen LogP contribution < -0.4 is 10.2 Å². The second-order valence-corrected chi connectivity index (χ2v) is 8.08. The molecule has 8 heteroatoms. The van der Waals surface area contributed by atoms with Gasteiger partial charge >= 0.3 is 6.18 Å². The van der Waals surface area contributed by atoms with E-state index in [1.807, 2.05) is 6.92 Å². The summed E-state index contributed by atoms with van der Waals surface area (Å²) in [5.74, 6) is 0.0235. The maximum Gasteiger partial charge on any atom is 0.416 e. The lowest BCUT2D eigenvalue weighted by Gasteiger charge is -2.28. The Hall–Kier alpha value is -1.25. The van der Waals surface area contributed by atoms with Gasteiger partial charge in [-0.05, 0) is 24.6 Å². The molecule has 3 N–H and O–H groups in total. The van der Waals surface area contributed by atoms with Crippen LogP contribution in [-0.2, 0) is 11.0 Å². The summed E-state index contributed by atoms with van der Waals surface area (Å²) in [7, 11) is 0. The lowest BCUT2D eigenvalue weighted by Crippen LogP contribution is -3.20. The smallest absolute Gasteiger partial charge is 0.337 e. The van der Waals surface area contributed by atoms with Gasteiger partial charge in [0.15, 0.2) is 0 Å². The molecule has 0 radical (unpaired) electrons. The topological polar surface area (TPSA) is 41.4 Å². The molecule has 4 nitrogen and oxygen atoms in total. The first-order valence-corrected chi connectivity index (χ1v) is 9.59. The van der Waals surface area contributed by atoms with Crippen LogP contribution in [0, 0.1) is 0 Å². The largest absolute Gasteiger partial charge is 0.416 e. The SMILES string of the molecule is C[C@@H]1S[C@@H](c2cccc(C(F)(F)F)c2)N(CC[NH+]2CC[NH2+]CC2)C1=O. The molecule has 2 heterocycles. The Morgan fingerprint density at radius 2 is 2.04 bits per heavy atom. The molecule has 25 heavy (non-hydrogen) atoms. The van der Waals surface area contributed by atoms with Crippen LogP contribution in [0.5, 0.6) is 0 Å². The molecule has 2 aliphatic heterocycles. The van der Waals surface area contributed by atoms with Gasteiger partial charge in [0.1, 0.15) is 31.6 Å². The second kappa shape index (κ2) is 7.55.